The first-order valence-corrected chi connectivity index (χ1v) is 8.38. The molecule has 0 bridgehead atoms. The Morgan fingerprint density at radius 2 is 1.57 bits per heavy atom. The number of carboxylic acids is 1. The van der Waals surface area contributed by atoms with E-state index in [1.807, 2.05) is 6.08 Å². The lowest BCUT2D eigenvalue weighted by atomic mass is 10.1. The second kappa shape index (κ2) is 15.3. The summed E-state index contributed by atoms with van der Waals surface area (Å²) in [5.74, 6) is -0.699. The van der Waals surface area contributed by atoms with Gasteiger partial charge in [0.25, 0.3) is 0 Å². The first-order chi connectivity index (χ1) is 10.2. The molecule has 0 aromatic heterocycles. The number of rotatable bonds is 14. The molecule has 0 aliphatic carbocycles. The largest absolute Gasteiger partial charge is 0.481 e. The van der Waals surface area contributed by atoms with Gasteiger partial charge in [0.15, 0.2) is 0 Å². The van der Waals surface area contributed by atoms with Crippen molar-refractivity contribution in [2.24, 2.45) is 0 Å². The lowest BCUT2D eigenvalue weighted by Crippen LogP contribution is -2.01. The van der Waals surface area contributed by atoms with Crippen molar-refractivity contribution in [3.05, 3.63) is 24.3 Å². The first-order valence-electron chi connectivity index (χ1n) is 8.38. The number of hydrogen-bond acceptors (Lipinski definition) is 2. The van der Waals surface area contributed by atoms with Crippen LogP contribution in [0, 0.1) is 0 Å². The van der Waals surface area contributed by atoms with Crippen molar-refractivity contribution in [1.29, 1.82) is 0 Å². The molecule has 122 valence electrons. The Morgan fingerprint density at radius 1 is 0.952 bits per heavy atom. The van der Waals surface area contributed by atoms with E-state index in [-0.39, 0.29) is 12.5 Å². The highest BCUT2D eigenvalue weighted by molar-refractivity contribution is 5.66. The van der Waals surface area contributed by atoms with Gasteiger partial charge in [0.1, 0.15) is 0 Å². The molecule has 0 spiro atoms. The zero-order chi connectivity index (χ0) is 15.8. The molecule has 0 saturated carbocycles. The second-order valence-corrected chi connectivity index (χ2v) is 5.51. The normalized spacial score (nSPS) is 13.2. The van der Waals surface area contributed by atoms with Gasteiger partial charge in [-0.05, 0) is 32.1 Å². The molecule has 0 saturated heterocycles. The van der Waals surface area contributed by atoms with Crippen LogP contribution in [0.2, 0.25) is 0 Å². The summed E-state index contributed by atoms with van der Waals surface area (Å²) in [6, 6.07) is 0. The number of aliphatic hydroxyl groups is 1. The van der Waals surface area contributed by atoms with E-state index >= 15 is 0 Å². The summed E-state index contributed by atoms with van der Waals surface area (Å²) in [7, 11) is 0. The van der Waals surface area contributed by atoms with Crippen LogP contribution >= 0.6 is 0 Å². The van der Waals surface area contributed by atoms with Crippen LogP contribution in [0.3, 0.4) is 0 Å². The molecule has 0 heterocycles. The third-order valence-corrected chi connectivity index (χ3v) is 3.40. The van der Waals surface area contributed by atoms with Crippen molar-refractivity contribution >= 4 is 5.97 Å². The minimum Gasteiger partial charge on any atom is -0.481 e. The smallest absolute Gasteiger partial charge is 0.303 e. The van der Waals surface area contributed by atoms with Crippen LogP contribution in [0.25, 0.3) is 0 Å². The molecule has 0 rings (SSSR count). The number of aliphatic hydroxyl groups excluding tert-OH is 1. The minimum atomic E-state index is -0.699. The van der Waals surface area contributed by atoms with E-state index in [4.69, 9.17) is 5.11 Å². The van der Waals surface area contributed by atoms with Crippen LogP contribution in [-0.2, 0) is 4.79 Å². The fourth-order valence-electron chi connectivity index (χ4n) is 2.16. The Balaban J connectivity index is 3.33. The molecule has 21 heavy (non-hydrogen) atoms. The van der Waals surface area contributed by atoms with Gasteiger partial charge in [-0.25, -0.2) is 0 Å². The van der Waals surface area contributed by atoms with Crippen LogP contribution in [0.5, 0.6) is 0 Å². The van der Waals surface area contributed by atoms with Gasteiger partial charge in [-0.2, -0.15) is 0 Å². The lowest BCUT2D eigenvalue weighted by molar-refractivity contribution is -0.137. The van der Waals surface area contributed by atoms with E-state index in [9.17, 15) is 9.90 Å². The highest BCUT2D eigenvalue weighted by Crippen LogP contribution is 2.10. The summed E-state index contributed by atoms with van der Waals surface area (Å²) in [5, 5.41) is 18.3. The van der Waals surface area contributed by atoms with E-state index in [2.05, 4.69) is 25.2 Å². The molecule has 0 fully saturated rings. The fourth-order valence-corrected chi connectivity index (χ4v) is 2.16. The Bertz CT molecular complexity index is 295. The second-order valence-electron chi connectivity index (χ2n) is 5.51. The molecule has 0 aromatic carbocycles. The molecule has 0 amide bonds. The van der Waals surface area contributed by atoms with Crippen LogP contribution in [0.1, 0.15) is 77.6 Å². The number of aliphatic carboxylic acids is 1. The van der Waals surface area contributed by atoms with Gasteiger partial charge in [0, 0.05) is 6.42 Å². The molecular formula is C18H32O3. The van der Waals surface area contributed by atoms with Crippen LogP contribution in [0.4, 0.5) is 0 Å². The first kappa shape index (κ1) is 19.9. The Morgan fingerprint density at radius 3 is 2.24 bits per heavy atom. The standard InChI is InChI=1S/C18H32O3/c1-2-3-4-5-8-11-14-17(19)15-12-9-6-7-10-13-16-18(20)21/h3-4,11,14,17,19H,2,5-10,12-13,15-16H2,1H3,(H,20,21)/b4-3-,14-11+. The van der Waals surface area contributed by atoms with Gasteiger partial charge in [-0.15, -0.1) is 0 Å². The number of hydrogen-bond donors (Lipinski definition) is 2. The molecule has 0 aliphatic rings. The molecule has 3 nitrogen and oxygen atoms in total. The van der Waals surface area contributed by atoms with Gasteiger partial charge in [0.05, 0.1) is 6.10 Å². The summed E-state index contributed by atoms with van der Waals surface area (Å²) >= 11 is 0. The van der Waals surface area contributed by atoms with Crippen LogP contribution < -0.4 is 0 Å². The summed E-state index contributed by atoms with van der Waals surface area (Å²) in [6.07, 6.45) is 18.4. The lowest BCUT2D eigenvalue weighted by Gasteiger charge is -2.05. The van der Waals surface area contributed by atoms with Gasteiger partial charge in [0.2, 0.25) is 0 Å². The number of carbonyl (C=O) groups is 1. The maximum Gasteiger partial charge on any atom is 0.303 e. The van der Waals surface area contributed by atoms with Crippen molar-refractivity contribution in [1.82, 2.24) is 0 Å². The van der Waals surface area contributed by atoms with Crippen molar-refractivity contribution < 1.29 is 15.0 Å². The summed E-state index contributed by atoms with van der Waals surface area (Å²) < 4.78 is 0. The molecule has 2 N–H and O–H groups in total. The zero-order valence-electron chi connectivity index (χ0n) is 13.5. The Labute approximate surface area is 129 Å². The van der Waals surface area contributed by atoms with Gasteiger partial charge < -0.3 is 10.2 Å². The highest BCUT2D eigenvalue weighted by atomic mass is 16.4. The summed E-state index contributed by atoms with van der Waals surface area (Å²) in [6.45, 7) is 2.13. The van der Waals surface area contributed by atoms with E-state index < -0.39 is 5.97 Å². The van der Waals surface area contributed by atoms with Gasteiger partial charge in [-0.3, -0.25) is 4.79 Å². The predicted octanol–water partition coefficient (Wildman–Crippen LogP) is 4.86. The fraction of sp³-hybridized carbons (Fsp3) is 0.722. The van der Waals surface area contributed by atoms with Crippen molar-refractivity contribution in [2.75, 3.05) is 0 Å². The Hall–Kier alpha value is -1.09. The third kappa shape index (κ3) is 16.9. The quantitative estimate of drug-likeness (QED) is 0.355. The van der Waals surface area contributed by atoms with Crippen LogP contribution in [0.15, 0.2) is 24.3 Å². The van der Waals surface area contributed by atoms with E-state index in [0.29, 0.717) is 0 Å². The summed E-state index contributed by atoms with van der Waals surface area (Å²) in [5.41, 5.74) is 0. The molecular weight excluding hydrogens is 264 g/mol. The molecule has 0 radical (unpaired) electrons. The van der Waals surface area contributed by atoms with Crippen molar-refractivity contribution in [3.63, 3.8) is 0 Å². The highest BCUT2D eigenvalue weighted by Gasteiger charge is 1.99. The van der Waals surface area contributed by atoms with Gasteiger partial charge in [-0.1, -0.05) is 63.3 Å². The van der Waals surface area contributed by atoms with Crippen molar-refractivity contribution in [3.8, 4) is 0 Å². The van der Waals surface area contributed by atoms with Crippen LogP contribution in [-0.4, -0.2) is 22.3 Å². The Kier molecular flexibility index (Phi) is 14.5. The minimum absolute atomic E-state index is 0.289. The zero-order valence-corrected chi connectivity index (χ0v) is 13.5. The topological polar surface area (TPSA) is 57.5 Å². The molecule has 0 aromatic rings. The number of carboxylic acid groups (broad SMARTS) is 1. The number of unbranched alkanes of at least 4 members (excludes halogenated alkanes) is 6. The van der Waals surface area contributed by atoms with E-state index in [1.165, 1.54) is 0 Å². The molecule has 1 unspecified atom stereocenters. The van der Waals surface area contributed by atoms with E-state index in [1.54, 1.807) is 0 Å². The molecule has 0 aliphatic heterocycles. The maximum atomic E-state index is 10.3. The SMILES string of the molecule is CC/C=C\CC/C=C/C(O)CCCCCCCCC(=O)O. The molecule has 3 heteroatoms. The molecule has 1 atom stereocenters. The van der Waals surface area contributed by atoms with Crippen molar-refractivity contribution in [2.45, 2.75) is 83.7 Å². The average Bonchev–Trinajstić information content (AvgIpc) is 2.45. The number of allylic oxidation sites excluding steroid dienone is 3. The van der Waals surface area contributed by atoms with Gasteiger partial charge >= 0.3 is 5.97 Å². The monoisotopic (exact) mass is 296 g/mol. The summed E-state index contributed by atoms with van der Waals surface area (Å²) in [4.78, 5) is 10.3. The average molecular weight is 296 g/mol. The third-order valence-electron chi connectivity index (χ3n) is 3.40. The van der Waals surface area contributed by atoms with E-state index in [0.717, 1.165) is 64.2 Å². The maximum absolute atomic E-state index is 10.3. The predicted molar refractivity (Wildman–Crippen MR) is 88.4 cm³/mol.